The molecule has 0 aliphatic rings. The average Bonchev–Trinajstić information content (AvgIpc) is 3.07. The molecule has 0 saturated carbocycles. The molecule has 0 amide bonds. The smallest absolute Gasteiger partial charge is 0.216 e. The van der Waals surface area contributed by atoms with Gasteiger partial charge in [-0.05, 0) is 60.5 Å². The topological polar surface area (TPSA) is 64.4 Å². The van der Waals surface area contributed by atoms with Gasteiger partial charge in [0.1, 0.15) is 5.82 Å². The second-order valence-electron chi connectivity index (χ2n) is 6.83. The molecule has 0 unspecified atom stereocenters. The molecule has 152 valence electrons. The molecule has 0 atom stereocenters. The number of H-pyrrole nitrogens is 1. The van der Waals surface area contributed by atoms with E-state index in [0.717, 1.165) is 12.0 Å². The number of benzene rings is 2. The Labute approximate surface area is 174 Å². The van der Waals surface area contributed by atoms with E-state index >= 15 is 0 Å². The Morgan fingerprint density at radius 2 is 2.03 bits per heavy atom. The molecule has 1 aromatic heterocycles. The highest BCUT2D eigenvalue weighted by molar-refractivity contribution is 7.71. The van der Waals surface area contributed by atoms with Crippen LogP contribution in [0.1, 0.15) is 25.8 Å². The lowest BCUT2D eigenvalue weighted by atomic mass is 10.1. The van der Waals surface area contributed by atoms with Gasteiger partial charge in [-0.25, -0.2) is 9.49 Å². The van der Waals surface area contributed by atoms with Gasteiger partial charge in [0.15, 0.2) is 17.3 Å². The zero-order valence-electron chi connectivity index (χ0n) is 16.6. The van der Waals surface area contributed by atoms with Crippen LogP contribution >= 0.6 is 12.2 Å². The lowest BCUT2D eigenvalue weighted by molar-refractivity contribution is 0.273. The van der Waals surface area contributed by atoms with E-state index in [9.17, 15) is 4.39 Å². The normalized spacial score (nSPS) is 11.3. The molecule has 0 aliphatic heterocycles. The Morgan fingerprint density at radius 3 is 2.76 bits per heavy atom. The Morgan fingerprint density at radius 1 is 1.24 bits per heavy atom. The van der Waals surface area contributed by atoms with Crippen molar-refractivity contribution in [3.8, 4) is 22.9 Å². The van der Waals surface area contributed by atoms with Crippen LogP contribution in [0.4, 0.5) is 4.39 Å². The van der Waals surface area contributed by atoms with Gasteiger partial charge < -0.3 is 9.47 Å². The molecule has 0 saturated heterocycles. The molecule has 8 heteroatoms. The van der Waals surface area contributed by atoms with Crippen LogP contribution in [0.5, 0.6) is 11.5 Å². The quantitative estimate of drug-likeness (QED) is 0.413. The average molecular weight is 415 g/mol. The van der Waals surface area contributed by atoms with Crippen molar-refractivity contribution in [3.63, 3.8) is 0 Å². The van der Waals surface area contributed by atoms with Gasteiger partial charge in [0.25, 0.3) is 0 Å². The zero-order valence-corrected chi connectivity index (χ0v) is 17.4. The Hall–Kier alpha value is -3.00. The Kier molecular flexibility index (Phi) is 6.77. The van der Waals surface area contributed by atoms with Crippen molar-refractivity contribution in [2.45, 2.75) is 20.3 Å². The fourth-order valence-corrected chi connectivity index (χ4v) is 2.81. The molecule has 0 spiro atoms. The number of halogens is 1. The van der Waals surface area contributed by atoms with Crippen LogP contribution in [0.25, 0.3) is 11.4 Å². The van der Waals surface area contributed by atoms with Crippen molar-refractivity contribution in [3.05, 3.63) is 58.6 Å². The Balaban J connectivity index is 1.85. The summed E-state index contributed by atoms with van der Waals surface area (Å²) < 4.78 is 27.0. The van der Waals surface area contributed by atoms with Gasteiger partial charge in [0, 0.05) is 0 Å². The molecule has 0 bridgehead atoms. The molecule has 6 nitrogen and oxygen atoms in total. The monoisotopic (exact) mass is 414 g/mol. The van der Waals surface area contributed by atoms with Crippen LogP contribution in [0.3, 0.4) is 0 Å². The maximum Gasteiger partial charge on any atom is 0.216 e. The summed E-state index contributed by atoms with van der Waals surface area (Å²) in [6.45, 7) is 4.92. The van der Waals surface area contributed by atoms with E-state index in [1.807, 2.05) is 18.2 Å². The summed E-state index contributed by atoms with van der Waals surface area (Å²) in [6, 6.07) is 11.9. The summed E-state index contributed by atoms with van der Waals surface area (Å²) in [4.78, 5) is 0. The SMILES string of the molecule is COc1cc(/C=N\n2c(-c3ccccc3F)n[nH]c2=S)ccc1OCCC(C)C. The summed E-state index contributed by atoms with van der Waals surface area (Å²) in [5.41, 5.74) is 1.09. The lowest BCUT2D eigenvalue weighted by Gasteiger charge is -2.12. The van der Waals surface area contributed by atoms with Gasteiger partial charge in [-0.3, -0.25) is 0 Å². The van der Waals surface area contributed by atoms with Crippen molar-refractivity contribution >= 4 is 18.4 Å². The van der Waals surface area contributed by atoms with E-state index in [0.29, 0.717) is 35.4 Å². The molecule has 3 rings (SSSR count). The second-order valence-corrected chi connectivity index (χ2v) is 7.22. The predicted octanol–water partition coefficient (Wildman–Crippen LogP) is 5.06. The minimum atomic E-state index is -0.400. The molecule has 1 heterocycles. The van der Waals surface area contributed by atoms with Crippen LogP contribution in [0.2, 0.25) is 0 Å². The third-order valence-electron chi connectivity index (χ3n) is 4.23. The highest BCUT2D eigenvalue weighted by Gasteiger charge is 2.12. The maximum absolute atomic E-state index is 14.1. The van der Waals surface area contributed by atoms with E-state index in [1.165, 1.54) is 10.7 Å². The van der Waals surface area contributed by atoms with Crippen molar-refractivity contribution in [1.29, 1.82) is 0 Å². The first-order valence-electron chi connectivity index (χ1n) is 9.27. The van der Waals surface area contributed by atoms with E-state index in [1.54, 1.807) is 31.5 Å². The number of rotatable bonds is 8. The number of nitrogens with one attached hydrogen (secondary N) is 1. The standard InChI is InChI=1S/C21H23FN4O2S/c1-14(2)10-11-28-18-9-8-15(12-19(18)27-3)13-23-26-20(24-25-21(26)29)16-6-4-5-7-17(16)22/h4-9,12-14H,10-11H2,1-3H3,(H,25,29)/b23-13-. The summed E-state index contributed by atoms with van der Waals surface area (Å²) >= 11 is 5.23. The predicted molar refractivity (Wildman–Crippen MR) is 114 cm³/mol. The molecule has 1 N–H and O–H groups in total. The van der Waals surface area contributed by atoms with Crippen LogP contribution in [-0.2, 0) is 0 Å². The largest absolute Gasteiger partial charge is 0.493 e. The number of hydrogen-bond acceptors (Lipinski definition) is 5. The highest BCUT2D eigenvalue weighted by Crippen LogP contribution is 2.28. The molecule has 0 radical (unpaired) electrons. The van der Waals surface area contributed by atoms with Crippen molar-refractivity contribution in [1.82, 2.24) is 14.9 Å². The first kappa shape index (κ1) is 20.7. The van der Waals surface area contributed by atoms with E-state index < -0.39 is 5.82 Å². The number of hydrogen-bond donors (Lipinski definition) is 1. The van der Waals surface area contributed by atoms with Gasteiger partial charge in [-0.2, -0.15) is 14.9 Å². The van der Waals surface area contributed by atoms with Gasteiger partial charge in [0.2, 0.25) is 4.77 Å². The molecule has 0 aliphatic carbocycles. The molecule has 0 fully saturated rings. The summed E-state index contributed by atoms with van der Waals surface area (Å²) in [5.74, 6) is 1.75. The summed E-state index contributed by atoms with van der Waals surface area (Å²) in [7, 11) is 1.59. The fraction of sp³-hybridized carbons (Fsp3) is 0.286. The minimum absolute atomic E-state index is 0.264. The van der Waals surface area contributed by atoms with Gasteiger partial charge in [0.05, 0.1) is 25.5 Å². The van der Waals surface area contributed by atoms with E-state index in [4.69, 9.17) is 21.7 Å². The van der Waals surface area contributed by atoms with Crippen LogP contribution in [-0.4, -0.2) is 34.8 Å². The van der Waals surface area contributed by atoms with Crippen LogP contribution in [0.15, 0.2) is 47.6 Å². The second kappa shape index (κ2) is 9.47. The van der Waals surface area contributed by atoms with Crippen molar-refractivity contribution in [2.75, 3.05) is 13.7 Å². The van der Waals surface area contributed by atoms with E-state index in [2.05, 4.69) is 29.1 Å². The molecular weight excluding hydrogens is 391 g/mol. The van der Waals surface area contributed by atoms with Crippen molar-refractivity contribution in [2.24, 2.45) is 11.0 Å². The number of ether oxygens (including phenoxy) is 2. The third kappa shape index (κ3) is 5.08. The maximum atomic E-state index is 14.1. The zero-order chi connectivity index (χ0) is 20.8. The van der Waals surface area contributed by atoms with Gasteiger partial charge in [-0.15, -0.1) is 0 Å². The van der Waals surface area contributed by atoms with Crippen molar-refractivity contribution < 1.29 is 13.9 Å². The minimum Gasteiger partial charge on any atom is -0.493 e. The third-order valence-corrected chi connectivity index (χ3v) is 4.49. The number of aromatic nitrogens is 3. The summed E-state index contributed by atoms with van der Waals surface area (Å²) in [5, 5.41) is 11.1. The number of aromatic amines is 1. The van der Waals surface area contributed by atoms with Crippen LogP contribution < -0.4 is 9.47 Å². The first-order valence-corrected chi connectivity index (χ1v) is 9.68. The van der Waals surface area contributed by atoms with Gasteiger partial charge in [-0.1, -0.05) is 26.0 Å². The highest BCUT2D eigenvalue weighted by atomic mass is 32.1. The number of nitrogens with zero attached hydrogens (tertiary/aromatic N) is 3. The number of methoxy groups -OCH3 is 1. The molecular formula is C21H23FN4O2S. The lowest BCUT2D eigenvalue weighted by Crippen LogP contribution is -2.03. The summed E-state index contributed by atoms with van der Waals surface area (Å²) in [6.07, 6.45) is 2.57. The van der Waals surface area contributed by atoms with Crippen LogP contribution in [0, 0.1) is 16.5 Å². The van der Waals surface area contributed by atoms with E-state index in [-0.39, 0.29) is 4.77 Å². The molecule has 3 aromatic rings. The fourth-order valence-electron chi connectivity index (χ4n) is 2.63. The molecule has 2 aromatic carbocycles. The first-order chi connectivity index (χ1) is 14.0. The van der Waals surface area contributed by atoms with Gasteiger partial charge >= 0.3 is 0 Å². The Bertz CT molecular complexity index is 1060. The molecule has 29 heavy (non-hydrogen) atoms.